The van der Waals surface area contributed by atoms with Gasteiger partial charge in [-0.25, -0.2) is 0 Å². The summed E-state index contributed by atoms with van der Waals surface area (Å²) in [5, 5.41) is 31.6. The van der Waals surface area contributed by atoms with Crippen molar-refractivity contribution in [2.75, 3.05) is 26.9 Å². The molecule has 0 aromatic heterocycles. The minimum absolute atomic E-state index is 0.174. The predicted octanol–water partition coefficient (Wildman–Crippen LogP) is 3.67. The Morgan fingerprint density at radius 2 is 2.06 bits per heavy atom. The fourth-order valence-electron chi connectivity index (χ4n) is 5.27. The minimum Gasteiger partial charge on any atom is -0.507 e. The molecule has 4 atom stereocenters. The van der Waals surface area contributed by atoms with E-state index in [4.69, 9.17) is 4.74 Å². The Bertz CT molecular complexity index is 988. The number of carbonyl (C=O) groups excluding carboxylic acids is 2. The van der Waals surface area contributed by atoms with Crippen molar-refractivity contribution in [2.45, 2.75) is 45.6 Å². The summed E-state index contributed by atoms with van der Waals surface area (Å²) < 4.78 is 6.22. The zero-order valence-corrected chi connectivity index (χ0v) is 21.5. The number of halogens is 1. The summed E-state index contributed by atoms with van der Waals surface area (Å²) in [5.74, 6) is -2.05. The highest BCUT2D eigenvalue weighted by Gasteiger charge is 2.54. The van der Waals surface area contributed by atoms with Gasteiger partial charge in [-0.05, 0) is 62.0 Å². The SMILES string of the molecule is CCCN1C(=O)[C@@H]2[C@@H](CC(COC)=C([C@H](O)CC/C(C)=C/c3cc(Br)ccc3O)[C@@H]2CO)C1=O. The van der Waals surface area contributed by atoms with Gasteiger partial charge in [0.05, 0.1) is 31.2 Å². The molecule has 0 spiro atoms. The molecule has 8 heteroatoms. The van der Waals surface area contributed by atoms with Crippen molar-refractivity contribution >= 4 is 33.8 Å². The number of benzene rings is 1. The molecule has 1 saturated heterocycles. The summed E-state index contributed by atoms with van der Waals surface area (Å²) >= 11 is 3.40. The van der Waals surface area contributed by atoms with Crippen molar-refractivity contribution < 1.29 is 29.6 Å². The van der Waals surface area contributed by atoms with E-state index in [0.29, 0.717) is 43.4 Å². The Labute approximate surface area is 209 Å². The molecule has 0 bridgehead atoms. The van der Waals surface area contributed by atoms with Gasteiger partial charge in [0.15, 0.2) is 0 Å². The van der Waals surface area contributed by atoms with Crippen LogP contribution in [0.4, 0.5) is 0 Å². The molecule has 186 valence electrons. The Morgan fingerprint density at radius 3 is 2.71 bits per heavy atom. The van der Waals surface area contributed by atoms with E-state index in [2.05, 4.69) is 15.9 Å². The number of amides is 2. The maximum Gasteiger partial charge on any atom is 0.233 e. The molecule has 0 unspecified atom stereocenters. The first-order valence-corrected chi connectivity index (χ1v) is 12.5. The van der Waals surface area contributed by atoms with Gasteiger partial charge >= 0.3 is 0 Å². The molecule has 34 heavy (non-hydrogen) atoms. The average Bonchev–Trinajstić information content (AvgIpc) is 3.04. The van der Waals surface area contributed by atoms with Gasteiger partial charge in [0, 0.05) is 29.6 Å². The number of phenolic OH excluding ortho intramolecular Hbond substituents is 1. The summed E-state index contributed by atoms with van der Waals surface area (Å²) in [7, 11) is 1.55. The number of ether oxygens (including phenoxy) is 1. The molecule has 1 aliphatic heterocycles. The summed E-state index contributed by atoms with van der Waals surface area (Å²) in [6.45, 7) is 4.13. The van der Waals surface area contributed by atoms with Gasteiger partial charge in [-0.2, -0.15) is 0 Å². The van der Waals surface area contributed by atoms with E-state index >= 15 is 0 Å². The number of nitrogens with zero attached hydrogens (tertiary/aromatic N) is 1. The number of allylic oxidation sites excluding steroid dienone is 1. The van der Waals surface area contributed by atoms with Crippen LogP contribution in [0.15, 0.2) is 39.4 Å². The Balaban J connectivity index is 1.84. The Morgan fingerprint density at radius 1 is 1.32 bits per heavy atom. The van der Waals surface area contributed by atoms with Crippen LogP contribution in [0.25, 0.3) is 6.08 Å². The van der Waals surface area contributed by atoms with Crippen LogP contribution in [0, 0.1) is 17.8 Å². The van der Waals surface area contributed by atoms with Crippen LogP contribution < -0.4 is 0 Å². The van der Waals surface area contributed by atoms with E-state index < -0.39 is 23.9 Å². The van der Waals surface area contributed by atoms with E-state index in [1.165, 1.54) is 4.90 Å². The maximum atomic E-state index is 13.1. The monoisotopic (exact) mass is 535 g/mol. The number of imide groups is 1. The highest BCUT2D eigenvalue weighted by atomic mass is 79.9. The first kappa shape index (κ1) is 26.6. The molecular weight excluding hydrogens is 502 g/mol. The van der Waals surface area contributed by atoms with Crippen LogP contribution in [0.1, 0.15) is 45.1 Å². The number of aliphatic hydroxyl groups excluding tert-OH is 2. The van der Waals surface area contributed by atoms with Crippen LogP contribution in [-0.4, -0.2) is 65.0 Å². The van der Waals surface area contributed by atoms with Gasteiger partial charge in [-0.15, -0.1) is 0 Å². The molecule has 1 aromatic carbocycles. The lowest BCUT2D eigenvalue weighted by atomic mass is 9.68. The molecule has 0 radical (unpaired) electrons. The molecule has 1 fully saturated rings. The molecule has 3 rings (SSSR count). The number of rotatable bonds is 10. The fourth-order valence-corrected chi connectivity index (χ4v) is 5.65. The van der Waals surface area contributed by atoms with Crippen molar-refractivity contribution in [3.8, 4) is 5.75 Å². The summed E-state index contributed by atoms with van der Waals surface area (Å²) in [4.78, 5) is 27.3. The van der Waals surface area contributed by atoms with Crippen LogP contribution in [0.2, 0.25) is 0 Å². The molecule has 1 aliphatic carbocycles. The molecular formula is C26H34BrNO6. The van der Waals surface area contributed by atoms with E-state index in [9.17, 15) is 24.9 Å². The average molecular weight is 536 g/mol. The van der Waals surface area contributed by atoms with Gasteiger partial charge in [-0.1, -0.05) is 34.5 Å². The summed E-state index contributed by atoms with van der Waals surface area (Å²) in [5.41, 5.74) is 3.07. The molecule has 7 nitrogen and oxygen atoms in total. The normalized spacial score (nSPS) is 24.1. The number of hydrogen-bond acceptors (Lipinski definition) is 6. The molecule has 0 saturated carbocycles. The van der Waals surface area contributed by atoms with Crippen molar-refractivity contribution in [1.82, 2.24) is 4.90 Å². The zero-order valence-electron chi connectivity index (χ0n) is 20.0. The number of phenols is 1. The van der Waals surface area contributed by atoms with Gasteiger partial charge in [-0.3, -0.25) is 14.5 Å². The van der Waals surface area contributed by atoms with E-state index in [1.807, 2.05) is 26.0 Å². The first-order valence-electron chi connectivity index (χ1n) is 11.7. The van der Waals surface area contributed by atoms with Crippen LogP contribution in [-0.2, 0) is 14.3 Å². The third-order valence-corrected chi connectivity index (χ3v) is 7.29. The second-order valence-electron chi connectivity index (χ2n) is 9.19. The van der Waals surface area contributed by atoms with E-state index in [1.54, 1.807) is 19.2 Å². The largest absolute Gasteiger partial charge is 0.507 e. The lowest BCUT2D eigenvalue weighted by molar-refractivity contribution is -0.140. The molecule has 1 heterocycles. The maximum absolute atomic E-state index is 13.1. The zero-order chi connectivity index (χ0) is 25.0. The quantitative estimate of drug-likeness (QED) is 0.311. The second-order valence-corrected chi connectivity index (χ2v) is 10.1. The van der Waals surface area contributed by atoms with Gasteiger partial charge in [0.25, 0.3) is 0 Å². The van der Waals surface area contributed by atoms with Crippen LogP contribution in [0.3, 0.4) is 0 Å². The standard InChI is InChI=1S/C26H34BrNO6/c1-4-9-28-25(32)19-12-17(14-34-3)23(20(13-29)24(19)26(28)33)22(31)7-5-15(2)10-16-11-18(27)6-8-21(16)30/h6,8,10-11,19-20,22,24,29-31H,4-5,7,9,12-14H2,1-3H3/b15-10+/t19-,20+,22-,24-/m1/s1. The van der Waals surface area contributed by atoms with Crippen molar-refractivity contribution in [3.63, 3.8) is 0 Å². The second kappa shape index (κ2) is 11.6. The Hall–Kier alpha value is -2.00. The molecule has 2 aliphatic rings. The smallest absolute Gasteiger partial charge is 0.233 e. The minimum atomic E-state index is -0.883. The van der Waals surface area contributed by atoms with E-state index in [-0.39, 0.29) is 30.8 Å². The third-order valence-electron chi connectivity index (χ3n) is 6.80. The molecule has 1 aromatic rings. The van der Waals surface area contributed by atoms with Crippen LogP contribution >= 0.6 is 15.9 Å². The number of carbonyl (C=O) groups is 2. The van der Waals surface area contributed by atoms with Crippen molar-refractivity contribution in [3.05, 3.63) is 45.0 Å². The van der Waals surface area contributed by atoms with Crippen molar-refractivity contribution in [2.24, 2.45) is 17.8 Å². The predicted molar refractivity (Wildman–Crippen MR) is 133 cm³/mol. The summed E-state index contributed by atoms with van der Waals surface area (Å²) in [6.07, 6.45) is 2.96. The Kier molecular flexibility index (Phi) is 9.09. The number of hydrogen-bond donors (Lipinski definition) is 3. The van der Waals surface area contributed by atoms with E-state index in [0.717, 1.165) is 15.6 Å². The van der Waals surface area contributed by atoms with Gasteiger partial charge in [0.2, 0.25) is 11.8 Å². The lowest BCUT2D eigenvalue weighted by Gasteiger charge is -2.36. The molecule has 3 N–H and O–H groups in total. The topological polar surface area (TPSA) is 107 Å². The fraction of sp³-hybridized carbons (Fsp3) is 0.538. The summed E-state index contributed by atoms with van der Waals surface area (Å²) in [6, 6.07) is 5.20. The van der Waals surface area contributed by atoms with Crippen LogP contribution in [0.5, 0.6) is 5.75 Å². The third kappa shape index (κ3) is 5.46. The van der Waals surface area contributed by atoms with Crippen molar-refractivity contribution in [1.29, 1.82) is 0 Å². The molecule has 2 amide bonds. The van der Waals surface area contributed by atoms with Gasteiger partial charge in [0.1, 0.15) is 5.75 Å². The highest BCUT2D eigenvalue weighted by Crippen LogP contribution is 2.46. The lowest BCUT2D eigenvalue weighted by Crippen LogP contribution is -2.39. The van der Waals surface area contributed by atoms with Gasteiger partial charge < -0.3 is 20.1 Å². The highest BCUT2D eigenvalue weighted by molar-refractivity contribution is 9.10. The number of fused-ring (bicyclic) bond motifs is 1. The number of likely N-dealkylation sites (tertiary alicyclic amines) is 1. The number of aliphatic hydroxyl groups is 2. The first-order chi connectivity index (χ1) is 16.2. The number of aromatic hydroxyl groups is 1. The number of methoxy groups -OCH3 is 1.